The highest BCUT2D eigenvalue weighted by atomic mass is 32.2. The summed E-state index contributed by atoms with van der Waals surface area (Å²) in [5.74, 6) is 1.51. The summed E-state index contributed by atoms with van der Waals surface area (Å²) in [6, 6.07) is 0. The summed E-state index contributed by atoms with van der Waals surface area (Å²) in [4.78, 5) is 12.4. The zero-order valence-electron chi connectivity index (χ0n) is 13.1. The van der Waals surface area contributed by atoms with Crippen LogP contribution in [0.2, 0.25) is 0 Å². The third-order valence-electron chi connectivity index (χ3n) is 4.43. The lowest BCUT2D eigenvalue weighted by Gasteiger charge is -2.19. The predicted octanol–water partition coefficient (Wildman–Crippen LogP) is 0.443. The molecule has 0 saturated heterocycles. The van der Waals surface area contributed by atoms with Crippen LogP contribution in [0.1, 0.15) is 38.4 Å². The molecule has 0 aromatic carbocycles. The maximum atomic E-state index is 12.4. The average Bonchev–Trinajstić information content (AvgIpc) is 3.27. The Balaban J connectivity index is 1.72. The smallest absolute Gasteiger partial charge is 0.278 e. The van der Waals surface area contributed by atoms with Gasteiger partial charge in [0.1, 0.15) is 5.82 Å². The van der Waals surface area contributed by atoms with E-state index in [-0.39, 0.29) is 11.4 Å². The number of aromatic nitrogens is 3. The van der Waals surface area contributed by atoms with Gasteiger partial charge in [-0.15, -0.1) is 0 Å². The molecule has 1 aromatic heterocycles. The Morgan fingerprint density at radius 1 is 1.23 bits per heavy atom. The van der Waals surface area contributed by atoms with Crippen LogP contribution in [-0.4, -0.2) is 45.9 Å². The summed E-state index contributed by atoms with van der Waals surface area (Å²) >= 11 is 0. The minimum Gasteiger partial charge on any atom is -0.278 e. The van der Waals surface area contributed by atoms with Crippen molar-refractivity contribution in [1.29, 1.82) is 0 Å². The van der Waals surface area contributed by atoms with Crippen molar-refractivity contribution in [3.05, 3.63) is 16.3 Å². The van der Waals surface area contributed by atoms with Gasteiger partial charge in [0.05, 0.1) is 5.75 Å². The van der Waals surface area contributed by atoms with Gasteiger partial charge in [-0.25, -0.2) is 17.9 Å². The first kappa shape index (κ1) is 15.7. The number of unbranched alkanes of at least 4 members (excludes halogenated alkanes) is 1. The highest BCUT2D eigenvalue weighted by molar-refractivity contribution is 7.89. The van der Waals surface area contributed by atoms with E-state index >= 15 is 0 Å². The van der Waals surface area contributed by atoms with Crippen LogP contribution < -0.4 is 5.69 Å². The van der Waals surface area contributed by atoms with Crippen molar-refractivity contribution in [2.75, 3.05) is 18.8 Å². The molecule has 2 aliphatic rings. The highest BCUT2D eigenvalue weighted by Crippen LogP contribution is 2.29. The number of hydrogen-bond acceptors (Lipinski definition) is 4. The first-order valence-electron chi connectivity index (χ1n) is 8.15. The molecule has 0 N–H and O–H groups in total. The van der Waals surface area contributed by atoms with Crippen molar-refractivity contribution >= 4 is 10.0 Å². The summed E-state index contributed by atoms with van der Waals surface area (Å²) in [5, 5.41) is 4.41. The van der Waals surface area contributed by atoms with Crippen molar-refractivity contribution in [2.24, 2.45) is 5.92 Å². The van der Waals surface area contributed by atoms with Gasteiger partial charge < -0.3 is 0 Å². The van der Waals surface area contributed by atoms with Crippen molar-refractivity contribution in [3.8, 4) is 0 Å². The molecule has 22 heavy (non-hydrogen) atoms. The van der Waals surface area contributed by atoms with Crippen LogP contribution in [-0.2, 0) is 29.5 Å². The lowest BCUT2D eigenvalue weighted by atomic mass is 10.4. The van der Waals surface area contributed by atoms with Gasteiger partial charge in [0.2, 0.25) is 10.0 Å². The van der Waals surface area contributed by atoms with Gasteiger partial charge in [-0.1, -0.05) is 13.3 Å². The van der Waals surface area contributed by atoms with E-state index in [1.165, 1.54) is 17.1 Å². The van der Waals surface area contributed by atoms with Crippen LogP contribution in [0.5, 0.6) is 0 Å². The third kappa shape index (κ3) is 3.27. The Hall–Kier alpha value is -1.15. The van der Waals surface area contributed by atoms with E-state index < -0.39 is 10.0 Å². The molecular weight excluding hydrogens is 304 g/mol. The maximum Gasteiger partial charge on any atom is 0.345 e. The largest absolute Gasteiger partial charge is 0.345 e. The minimum absolute atomic E-state index is 0.0882. The van der Waals surface area contributed by atoms with Crippen LogP contribution in [0.3, 0.4) is 0 Å². The second kappa shape index (κ2) is 6.16. The first-order chi connectivity index (χ1) is 10.5. The normalized spacial score (nSPS) is 19.9. The number of fused-ring (bicyclic) bond motifs is 1. The summed E-state index contributed by atoms with van der Waals surface area (Å²) in [7, 11) is -3.21. The molecule has 0 spiro atoms. The fourth-order valence-corrected chi connectivity index (χ4v) is 4.48. The van der Waals surface area contributed by atoms with Crippen molar-refractivity contribution < 1.29 is 8.42 Å². The van der Waals surface area contributed by atoms with Gasteiger partial charge in [0.15, 0.2) is 0 Å². The second-order valence-electron chi connectivity index (χ2n) is 6.29. The quantitative estimate of drug-likeness (QED) is 0.759. The summed E-state index contributed by atoms with van der Waals surface area (Å²) in [5.41, 5.74) is -0.0882. The molecule has 1 fully saturated rings. The van der Waals surface area contributed by atoms with Gasteiger partial charge >= 0.3 is 5.69 Å². The van der Waals surface area contributed by atoms with E-state index in [2.05, 4.69) is 5.10 Å². The predicted molar refractivity (Wildman–Crippen MR) is 83.2 cm³/mol. The van der Waals surface area contributed by atoms with Crippen molar-refractivity contribution in [1.82, 2.24) is 18.7 Å². The third-order valence-corrected chi connectivity index (χ3v) is 6.39. The molecule has 2 heterocycles. The second-order valence-corrected chi connectivity index (χ2v) is 8.38. The monoisotopic (exact) mass is 328 g/mol. The molecule has 1 aliphatic heterocycles. The molecule has 124 valence electrons. The first-order valence-corrected chi connectivity index (χ1v) is 9.76. The van der Waals surface area contributed by atoms with Gasteiger partial charge in [0, 0.05) is 32.6 Å². The van der Waals surface area contributed by atoms with Gasteiger partial charge in [-0.3, -0.25) is 4.57 Å². The number of nitrogens with zero attached hydrogens (tertiary/aromatic N) is 4. The summed E-state index contributed by atoms with van der Waals surface area (Å²) in [6.07, 6.45) is 4.41. The molecule has 1 aliphatic carbocycles. The zero-order chi connectivity index (χ0) is 15.7. The number of rotatable bonds is 6. The van der Waals surface area contributed by atoms with Gasteiger partial charge in [-0.2, -0.15) is 9.40 Å². The fraction of sp³-hybridized carbons (Fsp3) is 0.857. The molecule has 0 radical (unpaired) electrons. The lowest BCUT2D eigenvalue weighted by Crippen LogP contribution is -2.36. The highest BCUT2D eigenvalue weighted by Gasteiger charge is 2.28. The molecule has 0 unspecified atom stereocenters. The summed E-state index contributed by atoms with van der Waals surface area (Å²) < 4.78 is 29.3. The van der Waals surface area contributed by atoms with Gasteiger partial charge in [0.25, 0.3) is 0 Å². The minimum atomic E-state index is -3.21. The molecular formula is C14H24N4O3S. The maximum absolute atomic E-state index is 12.4. The van der Waals surface area contributed by atoms with E-state index in [4.69, 9.17) is 0 Å². The van der Waals surface area contributed by atoms with Crippen LogP contribution >= 0.6 is 0 Å². The van der Waals surface area contributed by atoms with Crippen molar-refractivity contribution in [2.45, 2.75) is 52.1 Å². The molecule has 3 rings (SSSR count). The summed E-state index contributed by atoms with van der Waals surface area (Å²) in [6.45, 7) is 3.89. The Morgan fingerprint density at radius 2 is 2.00 bits per heavy atom. The Labute approximate surface area is 131 Å². The topological polar surface area (TPSA) is 77.2 Å². The number of sulfonamides is 1. The Bertz CT molecular complexity index is 687. The van der Waals surface area contributed by atoms with E-state index in [9.17, 15) is 13.2 Å². The van der Waals surface area contributed by atoms with E-state index in [1.54, 1.807) is 9.25 Å². The fourth-order valence-electron chi connectivity index (χ4n) is 2.84. The van der Waals surface area contributed by atoms with Crippen LogP contribution in [0.25, 0.3) is 0 Å². The zero-order valence-corrected chi connectivity index (χ0v) is 13.9. The standard InChI is InChI=1S/C14H24N4O3S/c1-2-3-10-22(20,21)16-7-6-13-15-18(11-12-4-5-12)14(19)17(13)9-8-16/h12H,2-11H2,1H3. The van der Waals surface area contributed by atoms with Gasteiger partial charge in [-0.05, 0) is 25.2 Å². The SMILES string of the molecule is CCCCS(=O)(=O)N1CCc2nn(CC3CC3)c(=O)n2CC1. The van der Waals surface area contributed by atoms with E-state index in [1.807, 2.05) is 6.92 Å². The Kier molecular flexibility index (Phi) is 4.40. The molecule has 1 aromatic rings. The van der Waals surface area contributed by atoms with E-state index in [0.717, 1.165) is 12.2 Å². The van der Waals surface area contributed by atoms with Crippen molar-refractivity contribution in [3.63, 3.8) is 0 Å². The molecule has 8 heteroatoms. The molecule has 1 saturated carbocycles. The Morgan fingerprint density at radius 3 is 2.68 bits per heavy atom. The van der Waals surface area contributed by atoms with Crippen LogP contribution in [0, 0.1) is 5.92 Å². The molecule has 7 nitrogen and oxygen atoms in total. The number of hydrogen-bond donors (Lipinski definition) is 0. The van der Waals surface area contributed by atoms with Crippen LogP contribution in [0.4, 0.5) is 0 Å². The average molecular weight is 328 g/mol. The molecule has 0 amide bonds. The molecule has 0 bridgehead atoms. The lowest BCUT2D eigenvalue weighted by molar-refractivity contribution is 0.407. The van der Waals surface area contributed by atoms with Crippen LogP contribution in [0.15, 0.2) is 4.79 Å². The molecule has 0 atom stereocenters. The van der Waals surface area contributed by atoms with E-state index in [0.29, 0.717) is 44.9 Å².